The fourth-order valence-electron chi connectivity index (χ4n) is 3.76. The van der Waals surface area contributed by atoms with Crippen LogP contribution in [0.25, 0.3) is 27.9 Å². The number of imide groups is 1. The van der Waals surface area contributed by atoms with E-state index in [9.17, 15) is 14.4 Å². The lowest BCUT2D eigenvalue weighted by Crippen LogP contribution is -2.42. The van der Waals surface area contributed by atoms with E-state index in [1.54, 1.807) is 36.0 Å². The smallest absolute Gasteiger partial charge is 0.346 e. The minimum Gasteiger partial charge on any atom is -0.422 e. The number of benzene rings is 2. The summed E-state index contributed by atoms with van der Waals surface area (Å²) in [6, 6.07) is 17.6. The Labute approximate surface area is 194 Å². The number of amides is 3. The van der Waals surface area contributed by atoms with Crippen LogP contribution >= 0.6 is 0 Å². The SMILES string of the molecule is CCC1(C)NC(=O)N(N=Cc2cn(-c3ccccc3)nc2-c2cc3ccccc3oc2=O)C1=O. The van der Waals surface area contributed by atoms with Crippen molar-refractivity contribution >= 4 is 29.1 Å². The average molecular weight is 455 g/mol. The summed E-state index contributed by atoms with van der Waals surface area (Å²) >= 11 is 0. The molecule has 3 heterocycles. The van der Waals surface area contributed by atoms with Crippen molar-refractivity contribution < 1.29 is 14.0 Å². The summed E-state index contributed by atoms with van der Waals surface area (Å²) in [4.78, 5) is 37.9. The Morgan fingerprint density at radius 3 is 2.56 bits per heavy atom. The van der Waals surface area contributed by atoms with Crippen LogP contribution in [-0.2, 0) is 4.79 Å². The molecule has 0 aliphatic carbocycles. The van der Waals surface area contributed by atoms with Crippen LogP contribution in [0.1, 0.15) is 25.8 Å². The Morgan fingerprint density at radius 1 is 1.09 bits per heavy atom. The van der Waals surface area contributed by atoms with Crippen molar-refractivity contribution in [1.82, 2.24) is 20.1 Å². The van der Waals surface area contributed by atoms with Crippen molar-refractivity contribution in [1.29, 1.82) is 0 Å². The zero-order chi connectivity index (χ0) is 23.9. The molecule has 170 valence electrons. The van der Waals surface area contributed by atoms with Crippen LogP contribution in [0.5, 0.6) is 0 Å². The van der Waals surface area contributed by atoms with E-state index in [-0.39, 0.29) is 5.56 Å². The maximum absolute atomic E-state index is 12.8. The van der Waals surface area contributed by atoms with E-state index < -0.39 is 23.1 Å². The molecule has 1 saturated heterocycles. The predicted octanol–water partition coefficient (Wildman–Crippen LogP) is 3.70. The van der Waals surface area contributed by atoms with Crippen LogP contribution in [0, 0.1) is 0 Å². The molecule has 5 rings (SSSR count). The number of carbonyl (C=O) groups is 2. The van der Waals surface area contributed by atoms with E-state index in [1.807, 2.05) is 49.4 Å². The van der Waals surface area contributed by atoms with E-state index in [4.69, 9.17) is 4.42 Å². The van der Waals surface area contributed by atoms with Crippen molar-refractivity contribution in [2.24, 2.45) is 5.10 Å². The molecular weight excluding hydrogens is 434 g/mol. The predicted molar refractivity (Wildman–Crippen MR) is 127 cm³/mol. The van der Waals surface area contributed by atoms with Gasteiger partial charge in [-0.2, -0.15) is 10.2 Å². The molecule has 9 nitrogen and oxygen atoms in total. The molecule has 9 heteroatoms. The average Bonchev–Trinajstić information content (AvgIpc) is 3.36. The van der Waals surface area contributed by atoms with Gasteiger partial charge in [-0.05, 0) is 37.6 Å². The molecule has 0 bridgehead atoms. The van der Waals surface area contributed by atoms with E-state index >= 15 is 0 Å². The number of nitrogens with one attached hydrogen (secondary N) is 1. The van der Waals surface area contributed by atoms with Gasteiger partial charge >= 0.3 is 11.7 Å². The standard InChI is InChI=1S/C25H21N5O4/c1-3-25(2)23(32)30(24(33)27-25)26-14-17-15-29(18-10-5-4-6-11-18)28-21(17)19-13-16-9-7-8-12-20(16)34-22(19)31/h4-15H,3H2,1-2H3,(H,27,33). The minimum atomic E-state index is -1.01. The van der Waals surface area contributed by atoms with Crippen molar-refractivity contribution in [3.05, 3.63) is 82.8 Å². The van der Waals surface area contributed by atoms with Gasteiger partial charge in [0.15, 0.2) is 0 Å². The minimum absolute atomic E-state index is 0.241. The maximum Gasteiger partial charge on any atom is 0.346 e. The van der Waals surface area contributed by atoms with Crippen LogP contribution < -0.4 is 10.9 Å². The zero-order valence-corrected chi connectivity index (χ0v) is 18.6. The third-order valence-electron chi connectivity index (χ3n) is 5.92. The highest BCUT2D eigenvalue weighted by atomic mass is 16.4. The number of rotatable bonds is 5. The third-order valence-corrected chi connectivity index (χ3v) is 5.92. The number of carbonyl (C=O) groups excluding carboxylic acids is 2. The van der Waals surface area contributed by atoms with E-state index in [1.165, 1.54) is 6.21 Å². The summed E-state index contributed by atoms with van der Waals surface area (Å²) in [5, 5.41) is 13.0. The quantitative estimate of drug-likeness (QED) is 0.280. The van der Waals surface area contributed by atoms with Gasteiger partial charge in [0.25, 0.3) is 5.91 Å². The summed E-state index contributed by atoms with van der Waals surface area (Å²) < 4.78 is 7.10. The summed E-state index contributed by atoms with van der Waals surface area (Å²) in [7, 11) is 0. The number of hydrazone groups is 1. The van der Waals surface area contributed by atoms with Crippen molar-refractivity contribution in [2.45, 2.75) is 25.8 Å². The molecule has 4 aromatic rings. The Kier molecular flexibility index (Phi) is 5.09. The molecule has 3 amide bonds. The number of urea groups is 1. The van der Waals surface area contributed by atoms with E-state index in [2.05, 4.69) is 15.5 Å². The van der Waals surface area contributed by atoms with Gasteiger partial charge in [0.05, 0.1) is 17.5 Å². The van der Waals surface area contributed by atoms with Crippen LogP contribution in [0.15, 0.2) is 81.2 Å². The molecule has 1 fully saturated rings. The van der Waals surface area contributed by atoms with Crippen LogP contribution in [-0.4, -0.2) is 38.5 Å². The first-order valence-electron chi connectivity index (χ1n) is 10.8. The highest BCUT2D eigenvalue weighted by Gasteiger charge is 2.46. The fraction of sp³-hybridized carbons (Fsp3) is 0.160. The first-order chi connectivity index (χ1) is 16.4. The second-order valence-corrected chi connectivity index (χ2v) is 8.18. The largest absolute Gasteiger partial charge is 0.422 e. The summed E-state index contributed by atoms with van der Waals surface area (Å²) in [6.45, 7) is 3.47. The van der Waals surface area contributed by atoms with Crippen molar-refractivity contribution in [3.63, 3.8) is 0 Å². The third kappa shape index (κ3) is 3.57. The summed E-state index contributed by atoms with van der Waals surface area (Å²) in [6.07, 6.45) is 3.47. The number of aromatic nitrogens is 2. The highest BCUT2D eigenvalue weighted by molar-refractivity contribution is 6.07. The van der Waals surface area contributed by atoms with Gasteiger partial charge in [0.1, 0.15) is 16.8 Å². The van der Waals surface area contributed by atoms with Crippen LogP contribution in [0.3, 0.4) is 0 Å². The first-order valence-corrected chi connectivity index (χ1v) is 10.8. The molecule has 1 aliphatic heterocycles. The number of para-hydroxylation sites is 2. The summed E-state index contributed by atoms with van der Waals surface area (Å²) in [5.74, 6) is -0.446. The molecule has 2 aromatic carbocycles. The Balaban J connectivity index is 1.63. The van der Waals surface area contributed by atoms with Gasteiger partial charge in [0, 0.05) is 17.1 Å². The van der Waals surface area contributed by atoms with Crippen molar-refractivity contribution in [3.8, 4) is 16.9 Å². The van der Waals surface area contributed by atoms with Gasteiger partial charge in [-0.15, -0.1) is 5.01 Å². The molecule has 1 unspecified atom stereocenters. The van der Waals surface area contributed by atoms with Crippen molar-refractivity contribution in [2.75, 3.05) is 0 Å². The molecule has 2 aromatic heterocycles. The zero-order valence-electron chi connectivity index (χ0n) is 18.6. The Hall–Kier alpha value is -4.53. The molecule has 0 radical (unpaired) electrons. The van der Waals surface area contributed by atoms with Crippen LogP contribution in [0.4, 0.5) is 4.79 Å². The Bertz CT molecular complexity index is 1500. The normalized spacial score (nSPS) is 18.2. The first kappa shape index (κ1) is 21.3. The van der Waals surface area contributed by atoms with E-state index in [0.717, 1.165) is 16.1 Å². The van der Waals surface area contributed by atoms with Gasteiger partial charge in [-0.25, -0.2) is 14.3 Å². The molecule has 1 N–H and O–H groups in total. The molecule has 34 heavy (non-hydrogen) atoms. The van der Waals surface area contributed by atoms with Gasteiger partial charge in [-0.1, -0.05) is 43.3 Å². The molecule has 1 atom stereocenters. The van der Waals surface area contributed by atoms with Gasteiger partial charge < -0.3 is 9.73 Å². The van der Waals surface area contributed by atoms with Crippen LogP contribution in [0.2, 0.25) is 0 Å². The second-order valence-electron chi connectivity index (χ2n) is 8.18. The highest BCUT2D eigenvalue weighted by Crippen LogP contribution is 2.25. The molecule has 0 saturated carbocycles. The number of hydrogen-bond acceptors (Lipinski definition) is 6. The second kappa shape index (κ2) is 8.11. The lowest BCUT2D eigenvalue weighted by molar-refractivity contribution is -0.130. The Morgan fingerprint density at radius 2 is 1.82 bits per heavy atom. The van der Waals surface area contributed by atoms with Gasteiger partial charge in [0.2, 0.25) is 0 Å². The fourth-order valence-corrected chi connectivity index (χ4v) is 3.76. The monoisotopic (exact) mass is 455 g/mol. The number of fused-ring (bicyclic) bond motifs is 1. The molecule has 1 aliphatic rings. The van der Waals surface area contributed by atoms with E-state index in [0.29, 0.717) is 23.3 Å². The lowest BCUT2D eigenvalue weighted by Gasteiger charge is -2.17. The number of nitrogens with zero attached hydrogens (tertiary/aromatic N) is 4. The summed E-state index contributed by atoms with van der Waals surface area (Å²) in [5.41, 5.74) is 0.666. The van der Waals surface area contributed by atoms with Gasteiger partial charge in [-0.3, -0.25) is 4.79 Å². The lowest BCUT2D eigenvalue weighted by atomic mass is 10.00. The molecular formula is C25H21N5O4. The number of hydrogen-bond donors (Lipinski definition) is 1. The topological polar surface area (TPSA) is 110 Å². The maximum atomic E-state index is 12.8. The molecule has 0 spiro atoms.